The van der Waals surface area contributed by atoms with Crippen LogP contribution in [0.15, 0.2) is 24.3 Å². The molecule has 3 atom stereocenters. The molecule has 1 aromatic rings. The average Bonchev–Trinajstić information content (AvgIpc) is 2.68. The van der Waals surface area contributed by atoms with Crippen molar-refractivity contribution in [3.05, 3.63) is 29.8 Å². The Morgan fingerprint density at radius 1 is 1.32 bits per heavy atom. The van der Waals surface area contributed by atoms with Gasteiger partial charge in [-0.3, -0.25) is 4.79 Å². The van der Waals surface area contributed by atoms with E-state index in [0.29, 0.717) is 11.4 Å². The normalized spacial score (nSPS) is 21.4. The third-order valence-electron chi connectivity index (χ3n) is 3.75. The van der Waals surface area contributed by atoms with Gasteiger partial charge in [-0.1, -0.05) is 32.1 Å². The highest BCUT2D eigenvalue weighted by Crippen LogP contribution is 2.29. The number of carbonyl (C=O) groups excluding carboxylic acids is 2. The van der Waals surface area contributed by atoms with Crippen molar-refractivity contribution in [3.63, 3.8) is 0 Å². The van der Waals surface area contributed by atoms with Crippen molar-refractivity contribution in [1.82, 2.24) is 0 Å². The van der Waals surface area contributed by atoms with E-state index in [4.69, 9.17) is 29.8 Å². The van der Waals surface area contributed by atoms with Crippen LogP contribution in [0, 0.1) is 0 Å². The summed E-state index contributed by atoms with van der Waals surface area (Å²) in [5, 5.41) is 8.81. The molecule has 8 nitrogen and oxygen atoms in total. The molecule has 0 radical (unpaired) electrons. The Morgan fingerprint density at radius 3 is 2.61 bits per heavy atom. The molecule has 1 saturated heterocycles. The smallest absolute Gasteiger partial charge is 0.335 e. The number of nitrogens with two attached hydrogens (primary N) is 1. The summed E-state index contributed by atoms with van der Waals surface area (Å²) < 4.78 is 21.3. The van der Waals surface area contributed by atoms with Crippen molar-refractivity contribution >= 4 is 23.7 Å². The van der Waals surface area contributed by atoms with Crippen LogP contribution in [-0.2, 0) is 23.8 Å². The zero-order valence-corrected chi connectivity index (χ0v) is 16.7. The van der Waals surface area contributed by atoms with Crippen LogP contribution in [0.4, 0.5) is 5.69 Å². The first-order valence-corrected chi connectivity index (χ1v) is 9.17. The first-order chi connectivity index (χ1) is 13.4. The topological polar surface area (TPSA) is 117 Å². The number of benzene rings is 1. The number of anilines is 1. The number of aliphatic hydroxyl groups is 1. The average molecular weight is 395 g/mol. The summed E-state index contributed by atoms with van der Waals surface area (Å²) in [7, 11) is 1.26. The minimum atomic E-state index is -0.893. The van der Waals surface area contributed by atoms with Crippen LogP contribution in [0.1, 0.15) is 39.2 Å². The minimum absolute atomic E-state index is 0.0689. The summed E-state index contributed by atoms with van der Waals surface area (Å²) in [4.78, 5) is 23.0. The Balaban J connectivity index is 0.00000190. The first-order valence-electron chi connectivity index (χ1n) is 9.17. The van der Waals surface area contributed by atoms with Crippen molar-refractivity contribution in [1.29, 1.82) is 0 Å². The Kier molecular flexibility index (Phi) is 10.0. The monoisotopic (exact) mass is 395 g/mol. The Labute approximate surface area is 165 Å². The lowest BCUT2D eigenvalue weighted by Gasteiger charge is -2.33. The fourth-order valence-electron chi connectivity index (χ4n) is 2.64. The second-order valence-corrected chi connectivity index (χ2v) is 5.78. The number of rotatable bonds is 6. The highest BCUT2D eigenvalue weighted by molar-refractivity contribution is 5.75. The van der Waals surface area contributed by atoms with E-state index in [1.165, 1.54) is 14.0 Å². The lowest BCUT2D eigenvalue weighted by atomic mass is 10.0. The molecule has 3 N–H and O–H groups in total. The van der Waals surface area contributed by atoms with Gasteiger partial charge in [-0.25, -0.2) is 4.79 Å². The molecule has 156 valence electrons. The highest BCUT2D eigenvalue weighted by Gasteiger charge is 2.37. The molecule has 1 aliphatic rings. The number of ether oxygens (including phenoxy) is 4. The third kappa shape index (κ3) is 7.21. The number of aliphatic hydroxyl groups excluding tert-OH is 1. The number of nitrogen functional groups attached to an aromatic ring is 1. The summed E-state index contributed by atoms with van der Waals surface area (Å²) >= 11 is 0. The molecule has 0 saturated carbocycles. The molecule has 0 aromatic heterocycles. The van der Waals surface area contributed by atoms with Gasteiger partial charge in [0.05, 0.1) is 19.4 Å². The lowest BCUT2D eigenvalue weighted by molar-refractivity contribution is -0.204. The fraction of sp³-hybridized carbons (Fsp3) is 0.500. The van der Waals surface area contributed by atoms with Crippen LogP contribution in [-0.4, -0.2) is 49.3 Å². The van der Waals surface area contributed by atoms with Gasteiger partial charge >= 0.3 is 11.9 Å². The molecule has 0 aliphatic carbocycles. The minimum Gasteiger partial charge on any atom is -0.467 e. The van der Waals surface area contributed by atoms with E-state index in [9.17, 15) is 9.59 Å². The maximum absolute atomic E-state index is 11.8. The zero-order chi connectivity index (χ0) is 21.1. The summed E-state index contributed by atoms with van der Waals surface area (Å²) in [6.45, 7) is 5.23. The molecule has 28 heavy (non-hydrogen) atoms. The molecule has 1 aromatic carbocycles. The summed E-state index contributed by atoms with van der Waals surface area (Å²) in [5.41, 5.74) is 7.17. The predicted molar refractivity (Wildman–Crippen MR) is 104 cm³/mol. The van der Waals surface area contributed by atoms with Crippen LogP contribution in [0.25, 0.3) is 6.08 Å². The van der Waals surface area contributed by atoms with E-state index in [2.05, 4.69) is 0 Å². The van der Waals surface area contributed by atoms with Gasteiger partial charge in [0.25, 0.3) is 0 Å². The first kappa shape index (κ1) is 23.5. The maximum Gasteiger partial charge on any atom is 0.335 e. The molecule has 0 amide bonds. The van der Waals surface area contributed by atoms with Gasteiger partial charge in [0.2, 0.25) is 6.29 Å². The van der Waals surface area contributed by atoms with E-state index >= 15 is 0 Å². The number of carbonyl (C=O) groups is 2. The van der Waals surface area contributed by atoms with Gasteiger partial charge in [-0.15, -0.1) is 0 Å². The summed E-state index contributed by atoms with van der Waals surface area (Å²) in [5.74, 6) is -0.630. The second kappa shape index (κ2) is 12.0. The van der Waals surface area contributed by atoms with Gasteiger partial charge in [0.1, 0.15) is 11.9 Å². The molecule has 0 spiro atoms. The Hall–Kier alpha value is -2.58. The van der Waals surface area contributed by atoms with Gasteiger partial charge < -0.3 is 29.8 Å². The Bertz CT molecular complexity index is 675. The van der Waals surface area contributed by atoms with Crippen molar-refractivity contribution in [2.75, 3.05) is 19.5 Å². The van der Waals surface area contributed by atoms with E-state index in [1.807, 2.05) is 13.8 Å². The third-order valence-corrected chi connectivity index (χ3v) is 3.75. The van der Waals surface area contributed by atoms with Gasteiger partial charge in [-0.05, 0) is 17.7 Å². The second-order valence-electron chi connectivity index (χ2n) is 5.78. The van der Waals surface area contributed by atoms with Crippen LogP contribution >= 0.6 is 0 Å². The molecule has 0 unspecified atom stereocenters. The largest absolute Gasteiger partial charge is 0.467 e. The summed E-state index contributed by atoms with van der Waals surface area (Å²) in [6.07, 6.45) is 1.54. The number of methoxy groups -OCH3 is 1. The van der Waals surface area contributed by atoms with Crippen LogP contribution in [0.3, 0.4) is 0 Å². The van der Waals surface area contributed by atoms with Gasteiger partial charge in [0.15, 0.2) is 6.10 Å². The van der Waals surface area contributed by atoms with E-state index in [0.717, 1.165) is 5.56 Å². The van der Waals surface area contributed by atoms with Crippen molar-refractivity contribution in [2.45, 2.75) is 52.1 Å². The molecule has 1 aliphatic heterocycles. The van der Waals surface area contributed by atoms with E-state index in [1.54, 1.807) is 30.4 Å². The molecule has 1 heterocycles. The van der Waals surface area contributed by atoms with Crippen molar-refractivity contribution in [2.24, 2.45) is 0 Å². The highest BCUT2D eigenvalue weighted by atomic mass is 16.7. The zero-order valence-electron chi connectivity index (χ0n) is 16.7. The van der Waals surface area contributed by atoms with E-state index < -0.39 is 30.4 Å². The van der Waals surface area contributed by atoms with Crippen LogP contribution in [0.5, 0.6) is 5.75 Å². The molecular formula is C20H29NO7. The molecule has 0 bridgehead atoms. The maximum atomic E-state index is 11.8. The summed E-state index contributed by atoms with van der Waals surface area (Å²) in [6, 6.07) is 5.12. The number of hydrogen-bond donors (Lipinski definition) is 2. The SMILES string of the molecule is CC.COC(=O)[C@@H]1C[C@H](OC(C)=O)C[C@H](Oc2ccc(/C=C/CO)cc2N)O1. The standard InChI is InChI=1S/C18H23NO7.C2H6/c1-11(21)24-13-9-16(18(22)23-2)26-17(10-13)25-15-6-5-12(4-3-7-20)8-14(15)19;1-2/h3-6,8,13,16-17,20H,7,9-10,19H2,1-2H3;1-2H3/b4-3+;/t13-,16-,17+;/m0./s1. The van der Waals surface area contributed by atoms with E-state index in [-0.39, 0.29) is 19.4 Å². The molecular weight excluding hydrogens is 366 g/mol. The lowest BCUT2D eigenvalue weighted by Crippen LogP contribution is -2.44. The molecule has 2 rings (SSSR count). The van der Waals surface area contributed by atoms with Crippen molar-refractivity contribution in [3.8, 4) is 5.75 Å². The quantitative estimate of drug-likeness (QED) is 0.556. The van der Waals surface area contributed by atoms with Gasteiger partial charge in [0, 0.05) is 19.8 Å². The number of esters is 2. The van der Waals surface area contributed by atoms with Gasteiger partial charge in [-0.2, -0.15) is 0 Å². The van der Waals surface area contributed by atoms with Crippen LogP contribution < -0.4 is 10.5 Å². The number of hydrogen-bond acceptors (Lipinski definition) is 8. The predicted octanol–water partition coefficient (Wildman–Crippen LogP) is 2.29. The fourth-order valence-corrected chi connectivity index (χ4v) is 2.64. The molecule has 8 heteroatoms. The Morgan fingerprint density at radius 2 is 2.04 bits per heavy atom. The molecule has 1 fully saturated rings. The van der Waals surface area contributed by atoms with Crippen molar-refractivity contribution < 1.29 is 33.6 Å². The van der Waals surface area contributed by atoms with Crippen LogP contribution in [0.2, 0.25) is 0 Å².